The lowest BCUT2D eigenvalue weighted by atomic mass is 9.85. The van der Waals surface area contributed by atoms with Crippen LogP contribution in [0.3, 0.4) is 0 Å². The summed E-state index contributed by atoms with van der Waals surface area (Å²) in [5.74, 6) is 0.235. The molecule has 2 rings (SSSR count). The molecule has 2 N–H and O–H groups in total. The quantitative estimate of drug-likeness (QED) is 0.660. The largest absolute Gasteiger partial charge is 0.508 e. The second kappa shape index (κ2) is 6.39. The lowest BCUT2D eigenvalue weighted by Crippen LogP contribution is -2.23. The highest BCUT2D eigenvalue weighted by atomic mass is 16.3. The summed E-state index contributed by atoms with van der Waals surface area (Å²) in [5.41, 5.74) is 6.16. The fourth-order valence-corrected chi connectivity index (χ4v) is 2.22. The van der Waals surface area contributed by atoms with E-state index >= 15 is 0 Å². The molecule has 0 fully saturated rings. The van der Waals surface area contributed by atoms with Gasteiger partial charge >= 0.3 is 0 Å². The molecule has 1 aliphatic carbocycles. The zero-order chi connectivity index (χ0) is 15.4. The van der Waals surface area contributed by atoms with Crippen LogP contribution in [0.2, 0.25) is 0 Å². The van der Waals surface area contributed by atoms with E-state index in [0.717, 1.165) is 29.7 Å². The van der Waals surface area contributed by atoms with Gasteiger partial charge in [-0.15, -0.1) is 0 Å². The number of hydrogen-bond donors (Lipinski definition) is 2. The van der Waals surface area contributed by atoms with Gasteiger partial charge in [0, 0.05) is 5.56 Å². The predicted octanol–water partition coefficient (Wildman–Crippen LogP) is 3.41. The number of carbonyl (C=O) groups excluding carboxylic acids is 1. The third-order valence-corrected chi connectivity index (χ3v) is 3.72. The van der Waals surface area contributed by atoms with E-state index in [-0.39, 0.29) is 11.7 Å². The molecule has 4 nitrogen and oxygen atoms in total. The van der Waals surface area contributed by atoms with Gasteiger partial charge in [0.2, 0.25) is 0 Å². The molecule has 21 heavy (non-hydrogen) atoms. The van der Waals surface area contributed by atoms with Gasteiger partial charge in [0.15, 0.2) is 0 Å². The molecule has 1 aromatic carbocycles. The molecule has 1 aromatic rings. The van der Waals surface area contributed by atoms with Crippen molar-refractivity contribution in [2.75, 3.05) is 0 Å². The maximum atomic E-state index is 12.0. The van der Waals surface area contributed by atoms with Gasteiger partial charge in [0.05, 0.1) is 5.71 Å². The maximum Gasteiger partial charge on any atom is 0.271 e. The van der Waals surface area contributed by atoms with E-state index in [4.69, 9.17) is 0 Å². The highest BCUT2D eigenvalue weighted by Crippen LogP contribution is 2.26. The van der Waals surface area contributed by atoms with Gasteiger partial charge < -0.3 is 5.11 Å². The highest BCUT2D eigenvalue weighted by molar-refractivity contribution is 6.02. The topological polar surface area (TPSA) is 61.7 Å². The SMILES string of the molecule is C=C(C)[C@H]1CC=C(C)/C(=N/NC(=O)c2ccc(O)cc2)C1. The van der Waals surface area contributed by atoms with E-state index in [1.165, 1.54) is 12.1 Å². The lowest BCUT2D eigenvalue weighted by molar-refractivity contribution is 0.0954. The van der Waals surface area contributed by atoms with Crippen LogP contribution < -0.4 is 5.43 Å². The van der Waals surface area contributed by atoms with Crippen LogP contribution in [0.4, 0.5) is 0 Å². The van der Waals surface area contributed by atoms with Crippen molar-refractivity contribution in [2.45, 2.75) is 26.7 Å². The molecular weight excluding hydrogens is 264 g/mol. The molecule has 1 aliphatic rings. The van der Waals surface area contributed by atoms with Crippen molar-refractivity contribution < 1.29 is 9.90 Å². The monoisotopic (exact) mass is 284 g/mol. The van der Waals surface area contributed by atoms with Crippen LogP contribution in [0.5, 0.6) is 5.75 Å². The summed E-state index contributed by atoms with van der Waals surface area (Å²) >= 11 is 0. The molecule has 110 valence electrons. The Kier molecular flexibility index (Phi) is 4.58. The molecule has 1 amide bonds. The van der Waals surface area contributed by atoms with Gasteiger partial charge in [0.25, 0.3) is 5.91 Å². The van der Waals surface area contributed by atoms with Crippen molar-refractivity contribution in [3.63, 3.8) is 0 Å². The van der Waals surface area contributed by atoms with Gasteiger partial charge in [0.1, 0.15) is 5.75 Å². The van der Waals surface area contributed by atoms with Crippen molar-refractivity contribution in [3.8, 4) is 5.75 Å². The van der Waals surface area contributed by atoms with E-state index in [2.05, 4.69) is 23.2 Å². The van der Waals surface area contributed by atoms with E-state index < -0.39 is 0 Å². The van der Waals surface area contributed by atoms with Crippen LogP contribution in [0.25, 0.3) is 0 Å². The van der Waals surface area contributed by atoms with Crippen molar-refractivity contribution in [3.05, 3.63) is 53.6 Å². The number of hydrazone groups is 1. The highest BCUT2D eigenvalue weighted by Gasteiger charge is 2.18. The van der Waals surface area contributed by atoms with Crippen LogP contribution in [0, 0.1) is 5.92 Å². The fourth-order valence-electron chi connectivity index (χ4n) is 2.22. The number of hydrogen-bond acceptors (Lipinski definition) is 3. The molecule has 0 saturated carbocycles. The summed E-state index contributed by atoms with van der Waals surface area (Å²) in [4.78, 5) is 12.0. The summed E-state index contributed by atoms with van der Waals surface area (Å²) in [6.07, 6.45) is 3.91. The number of aromatic hydroxyl groups is 1. The van der Waals surface area contributed by atoms with E-state index in [1.54, 1.807) is 12.1 Å². The Labute approximate surface area is 124 Å². The number of phenolic OH excluding ortho intramolecular Hbond substituents is 1. The Morgan fingerprint density at radius 2 is 2.05 bits per heavy atom. The van der Waals surface area contributed by atoms with Gasteiger partial charge in [-0.05, 0) is 62.4 Å². The molecule has 0 saturated heterocycles. The second-order valence-electron chi connectivity index (χ2n) is 5.42. The summed E-state index contributed by atoms with van der Waals surface area (Å²) in [5, 5.41) is 13.5. The molecule has 0 heterocycles. The minimum atomic E-state index is -0.284. The third-order valence-electron chi connectivity index (χ3n) is 3.72. The number of allylic oxidation sites excluding steroid dienone is 3. The molecule has 0 aliphatic heterocycles. The predicted molar refractivity (Wildman–Crippen MR) is 84.3 cm³/mol. The van der Waals surface area contributed by atoms with Crippen molar-refractivity contribution in [2.24, 2.45) is 11.0 Å². The number of rotatable bonds is 3. The normalized spacial score (nSPS) is 20.0. The molecule has 0 unspecified atom stereocenters. The van der Waals surface area contributed by atoms with Crippen LogP contribution in [-0.4, -0.2) is 16.7 Å². The van der Waals surface area contributed by atoms with Crippen molar-refractivity contribution in [1.82, 2.24) is 5.43 Å². The Morgan fingerprint density at radius 1 is 1.38 bits per heavy atom. The van der Waals surface area contributed by atoms with Crippen molar-refractivity contribution in [1.29, 1.82) is 0 Å². The van der Waals surface area contributed by atoms with E-state index in [1.807, 2.05) is 13.8 Å². The Morgan fingerprint density at radius 3 is 2.67 bits per heavy atom. The standard InChI is InChI=1S/C17H20N2O2/c1-11(2)14-5-4-12(3)16(10-14)18-19-17(21)13-6-8-15(20)9-7-13/h4,6-9,14,20H,1,5,10H2,2-3H3,(H,19,21)/b18-16+/t14-/m0/s1. The minimum Gasteiger partial charge on any atom is -0.508 e. The van der Waals surface area contributed by atoms with Crippen LogP contribution >= 0.6 is 0 Å². The zero-order valence-corrected chi connectivity index (χ0v) is 12.4. The first-order valence-corrected chi connectivity index (χ1v) is 6.96. The summed E-state index contributed by atoms with van der Waals surface area (Å²) < 4.78 is 0. The number of benzene rings is 1. The van der Waals surface area contributed by atoms with Crippen LogP contribution in [0.15, 0.2) is 53.2 Å². The maximum absolute atomic E-state index is 12.0. The second-order valence-corrected chi connectivity index (χ2v) is 5.42. The third kappa shape index (κ3) is 3.81. The number of nitrogens with one attached hydrogen (secondary N) is 1. The number of carbonyl (C=O) groups is 1. The summed E-state index contributed by atoms with van der Waals surface area (Å²) in [6.45, 7) is 8.01. The summed E-state index contributed by atoms with van der Waals surface area (Å²) in [7, 11) is 0. The first-order chi connectivity index (χ1) is 9.97. The number of phenols is 1. The number of amides is 1. The van der Waals surface area contributed by atoms with Crippen molar-refractivity contribution >= 4 is 11.6 Å². The van der Waals surface area contributed by atoms with Crippen LogP contribution in [-0.2, 0) is 0 Å². The molecule has 0 bridgehead atoms. The molecular formula is C17H20N2O2. The zero-order valence-electron chi connectivity index (χ0n) is 12.4. The molecule has 4 heteroatoms. The fraction of sp³-hybridized carbons (Fsp3) is 0.294. The lowest BCUT2D eigenvalue weighted by Gasteiger charge is -2.22. The van der Waals surface area contributed by atoms with E-state index in [9.17, 15) is 9.90 Å². The Balaban J connectivity index is 2.07. The first kappa shape index (κ1) is 15.0. The van der Waals surface area contributed by atoms with Gasteiger partial charge in [-0.3, -0.25) is 4.79 Å². The average Bonchev–Trinajstić information content (AvgIpc) is 2.46. The molecule has 1 atom stereocenters. The smallest absolute Gasteiger partial charge is 0.271 e. The van der Waals surface area contributed by atoms with Crippen LogP contribution in [0.1, 0.15) is 37.0 Å². The molecule has 0 radical (unpaired) electrons. The van der Waals surface area contributed by atoms with Gasteiger partial charge in [-0.25, -0.2) is 5.43 Å². The molecule has 0 spiro atoms. The Bertz CT molecular complexity index is 612. The van der Waals surface area contributed by atoms with Gasteiger partial charge in [-0.1, -0.05) is 18.2 Å². The average molecular weight is 284 g/mol. The number of nitrogens with zero attached hydrogens (tertiary/aromatic N) is 1. The van der Waals surface area contributed by atoms with Gasteiger partial charge in [-0.2, -0.15) is 5.10 Å². The summed E-state index contributed by atoms with van der Waals surface area (Å²) in [6, 6.07) is 6.08. The molecule has 0 aromatic heterocycles. The first-order valence-electron chi connectivity index (χ1n) is 6.96. The van der Waals surface area contributed by atoms with E-state index in [0.29, 0.717) is 11.5 Å². The minimum absolute atomic E-state index is 0.133. The Hall–Kier alpha value is -2.36.